The van der Waals surface area contributed by atoms with Gasteiger partial charge in [0, 0.05) is 36.5 Å². The highest BCUT2D eigenvalue weighted by atomic mass is 15.2. The lowest BCUT2D eigenvalue weighted by Crippen LogP contribution is -2.28. The van der Waals surface area contributed by atoms with Crippen molar-refractivity contribution >= 4 is 17.3 Å². The summed E-state index contributed by atoms with van der Waals surface area (Å²) in [5.74, 6) is 2.92. The van der Waals surface area contributed by atoms with Crippen LogP contribution in [0.1, 0.15) is 79.3 Å². The number of hydrogen-bond acceptors (Lipinski definition) is 6. The molecule has 0 amide bonds. The van der Waals surface area contributed by atoms with Crippen molar-refractivity contribution in [2.45, 2.75) is 71.3 Å². The van der Waals surface area contributed by atoms with Crippen LogP contribution in [0.4, 0.5) is 17.3 Å². The van der Waals surface area contributed by atoms with Crippen molar-refractivity contribution in [3.05, 3.63) is 70.3 Å². The van der Waals surface area contributed by atoms with Gasteiger partial charge in [-0.1, -0.05) is 32.4 Å². The van der Waals surface area contributed by atoms with Crippen LogP contribution in [0.15, 0.2) is 36.5 Å². The molecule has 0 radical (unpaired) electrons. The molecule has 1 aromatic carbocycles. The first-order valence-corrected chi connectivity index (χ1v) is 12.1. The Morgan fingerprint density at radius 1 is 1.15 bits per heavy atom. The van der Waals surface area contributed by atoms with E-state index < -0.39 is 0 Å². The van der Waals surface area contributed by atoms with Crippen LogP contribution in [0.2, 0.25) is 0 Å². The lowest BCUT2D eigenvalue weighted by Gasteiger charge is -2.33. The molecule has 6 nitrogen and oxygen atoms in total. The van der Waals surface area contributed by atoms with Crippen LogP contribution < -0.4 is 16.4 Å². The largest absolute Gasteiger partial charge is 0.399 e. The van der Waals surface area contributed by atoms with Gasteiger partial charge in [-0.15, -0.1) is 0 Å². The van der Waals surface area contributed by atoms with Crippen LogP contribution in [0.25, 0.3) is 0 Å². The smallest absolute Gasteiger partial charge is 0.136 e. The minimum Gasteiger partial charge on any atom is -0.399 e. The van der Waals surface area contributed by atoms with Crippen LogP contribution in [0.5, 0.6) is 0 Å². The number of aromatic nitrogens is 3. The lowest BCUT2D eigenvalue weighted by atomic mass is 9.80. The third kappa shape index (κ3) is 4.65. The van der Waals surface area contributed by atoms with Gasteiger partial charge < -0.3 is 16.4 Å². The summed E-state index contributed by atoms with van der Waals surface area (Å²) >= 11 is 0. The molecule has 174 valence electrons. The van der Waals surface area contributed by atoms with Crippen molar-refractivity contribution < 1.29 is 0 Å². The maximum absolute atomic E-state index is 6.19. The Hall–Kier alpha value is -3.15. The molecular formula is C27H36N6. The summed E-state index contributed by atoms with van der Waals surface area (Å²) in [4.78, 5) is 16.5. The van der Waals surface area contributed by atoms with Crippen molar-refractivity contribution in [3.63, 3.8) is 0 Å². The minimum atomic E-state index is 0.0604. The summed E-state index contributed by atoms with van der Waals surface area (Å²) in [5, 5.41) is 0. The summed E-state index contributed by atoms with van der Waals surface area (Å²) in [5.41, 5.74) is 19.5. The van der Waals surface area contributed by atoms with Gasteiger partial charge in [-0.05, 0) is 67.9 Å². The average Bonchev–Trinajstić information content (AvgIpc) is 2.83. The van der Waals surface area contributed by atoms with Gasteiger partial charge in [0.2, 0.25) is 0 Å². The second-order valence-electron chi connectivity index (χ2n) is 9.15. The van der Waals surface area contributed by atoms with Gasteiger partial charge in [0.1, 0.15) is 17.5 Å². The van der Waals surface area contributed by atoms with E-state index in [1.807, 2.05) is 18.2 Å². The standard InChI is InChI=1S/C27H36N6/c1-5-8-18-10-12-20(28)16-23(18)19-11-13-22-24(15-19)31-25(6-2)32-27(22)33(4)17(3)21-9-7-14-30-26(21)29/h7,9-10,12,14,16-17,19H,5-6,8,11,13,15,28H2,1-4H3,(H2,29,30). The van der Waals surface area contributed by atoms with E-state index in [9.17, 15) is 0 Å². The van der Waals surface area contributed by atoms with Crippen LogP contribution in [0, 0.1) is 0 Å². The number of pyridine rings is 1. The normalized spacial score (nSPS) is 16.3. The second kappa shape index (κ2) is 9.77. The Morgan fingerprint density at radius 3 is 2.70 bits per heavy atom. The summed E-state index contributed by atoms with van der Waals surface area (Å²) < 4.78 is 0. The number of hydrogen-bond donors (Lipinski definition) is 2. The predicted molar refractivity (Wildman–Crippen MR) is 136 cm³/mol. The number of nitrogens with zero attached hydrogens (tertiary/aromatic N) is 4. The number of nitrogen functional groups attached to an aromatic ring is 2. The Balaban J connectivity index is 1.70. The number of fused-ring (bicyclic) bond motifs is 1. The first-order valence-electron chi connectivity index (χ1n) is 12.1. The van der Waals surface area contributed by atoms with Crippen LogP contribution in [-0.2, 0) is 25.7 Å². The first kappa shape index (κ1) is 23.0. The van der Waals surface area contributed by atoms with E-state index in [2.05, 4.69) is 49.8 Å². The van der Waals surface area contributed by atoms with Crippen molar-refractivity contribution in [1.82, 2.24) is 15.0 Å². The van der Waals surface area contributed by atoms with Crippen molar-refractivity contribution in [3.8, 4) is 0 Å². The molecule has 1 aliphatic carbocycles. The highest BCUT2D eigenvalue weighted by molar-refractivity contribution is 5.55. The highest BCUT2D eigenvalue weighted by Gasteiger charge is 2.29. The molecule has 1 aliphatic rings. The Labute approximate surface area is 197 Å². The van der Waals surface area contributed by atoms with E-state index in [0.717, 1.165) is 61.4 Å². The number of rotatable bonds is 7. The molecule has 0 bridgehead atoms. The van der Waals surface area contributed by atoms with Crippen LogP contribution in [-0.4, -0.2) is 22.0 Å². The Kier molecular flexibility index (Phi) is 6.82. The Bertz CT molecular complexity index is 1130. The van der Waals surface area contributed by atoms with Crippen LogP contribution >= 0.6 is 0 Å². The maximum atomic E-state index is 6.19. The molecule has 0 aliphatic heterocycles. The average molecular weight is 445 g/mol. The number of aryl methyl sites for hydroxylation is 2. The van der Waals surface area contributed by atoms with E-state index in [1.54, 1.807) is 6.20 Å². The first-order chi connectivity index (χ1) is 15.9. The fraction of sp³-hybridized carbons (Fsp3) is 0.444. The van der Waals surface area contributed by atoms with Crippen molar-refractivity contribution in [2.24, 2.45) is 0 Å². The monoisotopic (exact) mass is 444 g/mol. The van der Waals surface area contributed by atoms with Gasteiger partial charge in [-0.3, -0.25) is 0 Å². The second-order valence-corrected chi connectivity index (χ2v) is 9.15. The zero-order valence-corrected chi connectivity index (χ0v) is 20.3. The third-order valence-corrected chi connectivity index (χ3v) is 6.98. The highest BCUT2D eigenvalue weighted by Crippen LogP contribution is 2.39. The van der Waals surface area contributed by atoms with E-state index in [1.165, 1.54) is 22.4 Å². The van der Waals surface area contributed by atoms with Gasteiger partial charge in [0.15, 0.2) is 0 Å². The van der Waals surface area contributed by atoms with Crippen molar-refractivity contribution in [2.75, 3.05) is 23.4 Å². The molecule has 2 aromatic heterocycles. The molecule has 6 heteroatoms. The van der Waals surface area contributed by atoms with Crippen LogP contribution in [0.3, 0.4) is 0 Å². The van der Waals surface area contributed by atoms with Crippen molar-refractivity contribution in [1.29, 1.82) is 0 Å². The molecule has 0 saturated heterocycles. The lowest BCUT2D eigenvalue weighted by molar-refractivity contribution is 0.558. The topological polar surface area (TPSA) is 94.0 Å². The molecule has 4 rings (SSSR count). The minimum absolute atomic E-state index is 0.0604. The van der Waals surface area contributed by atoms with Gasteiger partial charge in [-0.2, -0.15) is 0 Å². The SMILES string of the molecule is CCCc1ccc(N)cc1C1CCc2c(nc(CC)nc2N(C)C(C)c2cccnc2N)C1. The van der Waals surface area contributed by atoms with Gasteiger partial charge >= 0.3 is 0 Å². The molecule has 2 unspecified atom stereocenters. The summed E-state index contributed by atoms with van der Waals surface area (Å²) in [7, 11) is 2.10. The summed E-state index contributed by atoms with van der Waals surface area (Å²) in [6.07, 6.45) is 7.71. The number of nitrogens with two attached hydrogens (primary N) is 2. The van der Waals surface area contributed by atoms with E-state index in [0.29, 0.717) is 11.7 Å². The zero-order valence-electron chi connectivity index (χ0n) is 20.3. The Morgan fingerprint density at radius 2 is 1.97 bits per heavy atom. The van der Waals surface area contributed by atoms with Gasteiger partial charge in [0.05, 0.1) is 11.7 Å². The van der Waals surface area contributed by atoms with Gasteiger partial charge in [-0.25, -0.2) is 15.0 Å². The van der Waals surface area contributed by atoms with E-state index >= 15 is 0 Å². The fourth-order valence-corrected chi connectivity index (χ4v) is 5.03. The molecule has 3 aromatic rings. The molecule has 2 heterocycles. The zero-order chi connectivity index (χ0) is 23.5. The summed E-state index contributed by atoms with van der Waals surface area (Å²) in [6.45, 7) is 6.50. The number of anilines is 3. The molecule has 4 N–H and O–H groups in total. The molecular weight excluding hydrogens is 408 g/mol. The third-order valence-electron chi connectivity index (χ3n) is 6.98. The molecule has 0 fully saturated rings. The van der Waals surface area contributed by atoms with E-state index in [4.69, 9.17) is 21.4 Å². The number of benzene rings is 1. The maximum Gasteiger partial charge on any atom is 0.136 e. The fourth-order valence-electron chi connectivity index (χ4n) is 5.03. The molecule has 0 spiro atoms. The molecule has 2 atom stereocenters. The predicted octanol–water partition coefficient (Wildman–Crippen LogP) is 5.02. The molecule has 33 heavy (non-hydrogen) atoms. The summed E-state index contributed by atoms with van der Waals surface area (Å²) in [6, 6.07) is 10.5. The molecule has 0 saturated carbocycles. The quantitative estimate of drug-likeness (QED) is 0.497. The van der Waals surface area contributed by atoms with E-state index in [-0.39, 0.29) is 6.04 Å². The van der Waals surface area contributed by atoms with Gasteiger partial charge in [0.25, 0.3) is 0 Å².